The molecule has 0 saturated heterocycles. The molecule has 74 valence electrons. The highest BCUT2D eigenvalue weighted by molar-refractivity contribution is 9.10. The van der Waals surface area contributed by atoms with Crippen LogP contribution in [0.5, 0.6) is 0 Å². The molecule has 0 radical (unpaired) electrons. The molecule has 0 aliphatic heterocycles. The summed E-state index contributed by atoms with van der Waals surface area (Å²) in [6.45, 7) is 0. The van der Waals surface area contributed by atoms with Gasteiger partial charge in [-0.15, -0.1) is 0 Å². The molecule has 3 rings (SSSR count). The molecule has 0 saturated carbocycles. The van der Waals surface area contributed by atoms with E-state index in [1.165, 1.54) is 0 Å². The van der Waals surface area contributed by atoms with Crippen molar-refractivity contribution in [2.24, 2.45) is 0 Å². The third kappa shape index (κ3) is 1.34. The van der Waals surface area contributed by atoms with Crippen molar-refractivity contribution in [3.8, 4) is 0 Å². The van der Waals surface area contributed by atoms with Gasteiger partial charge >= 0.3 is 0 Å². The molecule has 0 aliphatic carbocycles. The lowest BCUT2D eigenvalue weighted by molar-refractivity contribution is 1.20. The van der Waals surface area contributed by atoms with Gasteiger partial charge in [0.15, 0.2) is 0 Å². The summed E-state index contributed by atoms with van der Waals surface area (Å²) >= 11 is 9.48. The average molecular weight is 282 g/mol. The second kappa shape index (κ2) is 3.22. The molecule has 0 fully saturated rings. The van der Waals surface area contributed by atoms with Gasteiger partial charge in [-0.2, -0.15) is 0 Å². The molecule has 4 heteroatoms. The lowest BCUT2D eigenvalue weighted by Crippen LogP contribution is -1.84. The number of imidazole rings is 1. The second-order valence-electron chi connectivity index (χ2n) is 3.31. The Morgan fingerprint density at radius 3 is 2.93 bits per heavy atom. The van der Waals surface area contributed by atoms with Crippen molar-refractivity contribution >= 4 is 44.0 Å². The van der Waals surface area contributed by atoms with E-state index in [9.17, 15) is 0 Å². The van der Waals surface area contributed by atoms with Gasteiger partial charge in [0.2, 0.25) is 0 Å². The smallest absolute Gasteiger partial charge is 0.146 e. The maximum atomic E-state index is 6.12. The number of fused-ring (bicyclic) bond motifs is 3. The van der Waals surface area contributed by atoms with Crippen molar-refractivity contribution in [1.82, 2.24) is 9.38 Å². The predicted octanol–water partition coefficient (Wildman–Crippen LogP) is 3.90. The number of pyridine rings is 1. The summed E-state index contributed by atoms with van der Waals surface area (Å²) in [5, 5.41) is 2.86. The Kier molecular flexibility index (Phi) is 1.97. The molecule has 0 bridgehead atoms. The van der Waals surface area contributed by atoms with Crippen LogP contribution in [-0.2, 0) is 0 Å². The zero-order valence-electron chi connectivity index (χ0n) is 7.61. The number of benzene rings is 1. The van der Waals surface area contributed by atoms with Crippen LogP contribution in [0.2, 0.25) is 5.02 Å². The minimum atomic E-state index is 0.758. The maximum Gasteiger partial charge on any atom is 0.146 e. The van der Waals surface area contributed by atoms with Crippen LogP contribution in [0.4, 0.5) is 0 Å². The molecule has 0 N–H and O–H groups in total. The van der Waals surface area contributed by atoms with Gasteiger partial charge in [-0.1, -0.05) is 23.7 Å². The van der Waals surface area contributed by atoms with Gasteiger partial charge in [-0.05, 0) is 28.1 Å². The highest BCUT2D eigenvalue weighted by Crippen LogP contribution is 2.26. The first kappa shape index (κ1) is 9.19. The maximum absolute atomic E-state index is 6.12. The molecule has 0 unspecified atom stereocenters. The fourth-order valence-corrected chi connectivity index (χ4v) is 2.36. The largest absolute Gasteiger partial charge is 0.305 e. The van der Waals surface area contributed by atoms with Gasteiger partial charge in [0, 0.05) is 28.2 Å². The van der Waals surface area contributed by atoms with Crippen molar-refractivity contribution in [3.63, 3.8) is 0 Å². The molecule has 1 aromatic carbocycles. The Bertz CT molecular complexity index is 660. The zero-order chi connectivity index (χ0) is 10.4. The van der Waals surface area contributed by atoms with Crippen LogP contribution in [0.15, 0.2) is 41.3 Å². The predicted molar refractivity (Wildman–Crippen MR) is 65.4 cm³/mol. The van der Waals surface area contributed by atoms with Crippen LogP contribution in [0.25, 0.3) is 16.4 Å². The first-order chi connectivity index (χ1) is 7.25. The molecular formula is C11H6BrClN2. The zero-order valence-corrected chi connectivity index (χ0v) is 9.96. The number of nitrogens with zero attached hydrogens (tertiary/aromatic N) is 2. The van der Waals surface area contributed by atoms with Crippen LogP contribution in [0.1, 0.15) is 0 Å². The average Bonchev–Trinajstić information content (AvgIpc) is 2.59. The normalized spacial score (nSPS) is 11.3. The van der Waals surface area contributed by atoms with Gasteiger partial charge in [-0.3, -0.25) is 0 Å². The fourth-order valence-electron chi connectivity index (χ4n) is 1.73. The van der Waals surface area contributed by atoms with Crippen LogP contribution in [0.3, 0.4) is 0 Å². The van der Waals surface area contributed by atoms with Crippen LogP contribution < -0.4 is 0 Å². The minimum absolute atomic E-state index is 0.758. The highest BCUT2D eigenvalue weighted by atomic mass is 79.9. The fraction of sp³-hybridized carbons (Fsp3) is 0. The Hall–Kier alpha value is -1.06. The van der Waals surface area contributed by atoms with Crippen molar-refractivity contribution in [2.75, 3.05) is 0 Å². The van der Waals surface area contributed by atoms with E-state index < -0.39 is 0 Å². The third-order valence-corrected chi connectivity index (χ3v) is 3.11. The van der Waals surface area contributed by atoms with Crippen molar-refractivity contribution in [1.29, 1.82) is 0 Å². The first-order valence-electron chi connectivity index (χ1n) is 4.47. The molecular weight excluding hydrogens is 275 g/mol. The second-order valence-corrected chi connectivity index (χ2v) is 4.53. The molecule has 2 aromatic heterocycles. The van der Waals surface area contributed by atoms with E-state index in [4.69, 9.17) is 11.6 Å². The molecule has 15 heavy (non-hydrogen) atoms. The SMILES string of the molecule is Clc1cccc2c1ccn1cc(Br)nc21. The van der Waals surface area contributed by atoms with E-state index >= 15 is 0 Å². The molecule has 0 atom stereocenters. The molecule has 0 amide bonds. The molecule has 3 aromatic rings. The topological polar surface area (TPSA) is 17.3 Å². The molecule has 0 spiro atoms. The first-order valence-corrected chi connectivity index (χ1v) is 5.64. The van der Waals surface area contributed by atoms with E-state index in [1.54, 1.807) is 0 Å². The standard InChI is InChI=1S/C11H6BrClN2/c12-10-6-15-5-4-7-8(11(15)14-10)2-1-3-9(7)13/h1-6H. The van der Waals surface area contributed by atoms with Crippen LogP contribution in [-0.4, -0.2) is 9.38 Å². The Morgan fingerprint density at radius 2 is 2.07 bits per heavy atom. The lowest BCUT2D eigenvalue weighted by atomic mass is 10.2. The number of hydrogen-bond acceptors (Lipinski definition) is 1. The summed E-state index contributed by atoms with van der Waals surface area (Å²) in [4.78, 5) is 4.40. The summed E-state index contributed by atoms with van der Waals surface area (Å²) in [6, 6.07) is 7.85. The number of hydrogen-bond donors (Lipinski definition) is 0. The van der Waals surface area contributed by atoms with Crippen molar-refractivity contribution < 1.29 is 0 Å². The van der Waals surface area contributed by atoms with Gasteiger partial charge in [0.05, 0.1) is 0 Å². The number of halogens is 2. The van der Waals surface area contributed by atoms with Gasteiger partial charge in [0.25, 0.3) is 0 Å². The van der Waals surface area contributed by atoms with Crippen LogP contribution in [0, 0.1) is 0 Å². The Morgan fingerprint density at radius 1 is 1.20 bits per heavy atom. The van der Waals surface area contributed by atoms with Gasteiger partial charge < -0.3 is 4.40 Å². The van der Waals surface area contributed by atoms with E-state index in [0.29, 0.717) is 0 Å². The van der Waals surface area contributed by atoms with Gasteiger partial charge in [-0.25, -0.2) is 4.98 Å². The van der Waals surface area contributed by atoms with Crippen LogP contribution >= 0.6 is 27.5 Å². The summed E-state index contributed by atoms with van der Waals surface area (Å²) in [7, 11) is 0. The Balaban J connectivity index is 2.59. The number of aromatic nitrogens is 2. The monoisotopic (exact) mass is 280 g/mol. The van der Waals surface area contributed by atoms with Crippen molar-refractivity contribution in [3.05, 3.63) is 46.3 Å². The highest BCUT2D eigenvalue weighted by Gasteiger charge is 2.05. The van der Waals surface area contributed by atoms with E-state index in [1.807, 2.05) is 41.1 Å². The molecule has 0 aliphatic rings. The van der Waals surface area contributed by atoms with Gasteiger partial charge in [0.1, 0.15) is 10.3 Å². The Labute approximate surface area is 99.6 Å². The lowest BCUT2D eigenvalue weighted by Gasteiger charge is -2.01. The molecule has 2 heterocycles. The summed E-state index contributed by atoms with van der Waals surface area (Å²) in [5.74, 6) is 0. The summed E-state index contributed by atoms with van der Waals surface area (Å²) in [5.41, 5.74) is 0.918. The van der Waals surface area contributed by atoms with Crippen molar-refractivity contribution in [2.45, 2.75) is 0 Å². The van der Waals surface area contributed by atoms with E-state index in [-0.39, 0.29) is 0 Å². The van der Waals surface area contributed by atoms with E-state index in [2.05, 4.69) is 20.9 Å². The van der Waals surface area contributed by atoms with E-state index in [0.717, 1.165) is 26.0 Å². The quantitative estimate of drug-likeness (QED) is 0.611. The summed E-state index contributed by atoms with van der Waals surface area (Å²) in [6.07, 6.45) is 3.89. The summed E-state index contributed by atoms with van der Waals surface area (Å²) < 4.78 is 2.80. The third-order valence-electron chi connectivity index (χ3n) is 2.40. The minimum Gasteiger partial charge on any atom is -0.305 e. The molecule has 2 nitrogen and oxygen atoms in total. The number of rotatable bonds is 0.